The molecule has 1 saturated carbocycles. The van der Waals surface area contributed by atoms with Crippen molar-refractivity contribution in [2.24, 2.45) is 17.6 Å². The number of carbonyl (C=O) groups excluding carboxylic acids is 1. The first kappa shape index (κ1) is 31.8. The summed E-state index contributed by atoms with van der Waals surface area (Å²) in [6, 6.07) is 10.8. The molecule has 0 bridgehead atoms. The quantitative estimate of drug-likeness (QED) is 0.233. The van der Waals surface area contributed by atoms with Crippen LogP contribution in [0.15, 0.2) is 61.7 Å². The molecule has 1 aliphatic heterocycles. The maximum atomic E-state index is 15.3. The number of ether oxygens (including phenoxy) is 1. The van der Waals surface area contributed by atoms with Gasteiger partial charge < -0.3 is 15.6 Å². The Morgan fingerprint density at radius 1 is 1.21 bits per heavy atom. The maximum absolute atomic E-state index is 15.3. The van der Waals surface area contributed by atoms with E-state index in [0.717, 1.165) is 43.2 Å². The first-order chi connectivity index (χ1) is 20.5. The summed E-state index contributed by atoms with van der Waals surface area (Å²) in [5.41, 5.74) is 8.00. The van der Waals surface area contributed by atoms with Gasteiger partial charge in [0.2, 0.25) is 5.91 Å². The van der Waals surface area contributed by atoms with Crippen LogP contribution in [0.25, 0.3) is 0 Å². The van der Waals surface area contributed by atoms with Crippen molar-refractivity contribution in [3.05, 3.63) is 83.4 Å². The third-order valence-electron chi connectivity index (χ3n) is 10.2. The molecule has 2 aliphatic carbocycles. The van der Waals surface area contributed by atoms with Gasteiger partial charge in [0, 0.05) is 22.6 Å². The molecule has 3 N–H and O–H groups in total. The number of carbonyl (C=O) groups is 1. The lowest BCUT2D eigenvalue weighted by molar-refractivity contribution is 0.00662. The van der Waals surface area contributed by atoms with E-state index in [4.69, 9.17) is 22.1 Å². The summed E-state index contributed by atoms with van der Waals surface area (Å²) >= 11 is 6.43. The van der Waals surface area contributed by atoms with E-state index in [1.54, 1.807) is 30.4 Å². The van der Waals surface area contributed by atoms with Crippen LogP contribution in [-0.4, -0.2) is 50.5 Å². The van der Waals surface area contributed by atoms with Gasteiger partial charge in [-0.05, 0) is 92.7 Å². The number of hydrogen-bond donors (Lipinski definition) is 2. The molecule has 7 nitrogen and oxygen atoms in total. The number of rotatable bonds is 11. The molecule has 2 aromatic rings. The van der Waals surface area contributed by atoms with Gasteiger partial charge in [-0.2, -0.15) is 12.3 Å². The van der Waals surface area contributed by atoms with Crippen molar-refractivity contribution in [3.63, 3.8) is 0 Å². The predicted octanol–water partition coefficient (Wildman–Crippen LogP) is 6.06. The van der Waals surface area contributed by atoms with Gasteiger partial charge >= 0.3 is 10.0 Å². The van der Waals surface area contributed by atoms with Gasteiger partial charge in [0.05, 0.1) is 11.5 Å². The zero-order valence-corrected chi connectivity index (χ0v) is 26.6. The molecule has 1 spiro atoms. The summed E-state index contributed by atoms with van der Waals surface area (Å²) in [6.45, 7) is 10.4. The van der Waals surface area contributed by atoms with Crippen molar-refractivity contribution in [1.82, 2.24) is 3.89 Å². The van der Waals surface area contributed by atoms with Crippen molar-refractivity contribution in [2.45, 2.75) is 75.1 Å². The lowest BCUT2D eigenvalue weighted by Crippen LogP contribution is -2.66. The van der Waals surface area contributed by atoms with Gasteiger partial charge in [-0.3, -0.25) is 4.79 Å². The maximum Gasteiger partial charge on any atom is 0.305 e. The minimum Gasteiger partial charge on any atom is -0.486 e. The molecule has 0 saturated heterocycles. The van der Waals surface area contributed by atoms with Gasteiger partial charge in [-0.25, -0.2) is 0 Å². The molecule has 43 heavy (non-hydrogen) atoms. The molecular formula is C34H44ClN2O5S+. The number of aliphatic hydroxyl groups excluding tert-OH is 1. The summed E-state index contributed by atoms with van der Waals surface area (Å²) in [7, 11) is -3.99. The SMILES string of the molecule is C=CC[C@H](CC)S(=O)(=O)[N@@+]1(C[C@@H]2CC[C@H]2[C@@H](O)CC=C)CC2(CCCc3cc(Cl)ccc32)COc2ccc(C(N)=O)cc21. The number of sulfonamides is 1. The molecule has 1 heterocycles. The normalized spacial score (nSPS) is 27.9. The highest BCUT2D eigenvalue weighted by Gasteiger charge is 2.59. The van der Waals surface area contributed by atoms with E-state index in [0.29, 0.717) is 42.3 Å². The van der Waals surface area contributed by atoms with Crippen molar-refractivity contribution in [2.75, 3.05) is 19.7 Å². The minimum absolute atomic E-state index is 0.0528. The van der Waals surface area contributed by atoms with Crippen LogP contribution in [0.1, 0.15) is 73.4 Å². The second kappa shape index (κ2) is 12.4. The van der Waals surface area contributed by atoms with E-state index in [2.05, 4.69) is 13.2 Å². The molecule has 1 fully saturated rings. The van der Waals surface area contributed by atoms with E-state index in [9.17, 15) is 9.90 Å². The molecule has 0 radical (unpaired) electrons. The van der Waals surface area contributed by atoms with Crippen molar-refractivity contribution < 1.29 is 23.1 Å². The molecular weight excluding hydrogens is 584 g/mol. The fourth-order valence-electron chi connectivity index (χ4n) is 7.82. The van der Waals surface area contributed by atoms with Crippen molar-refractivity contribution in [3.8, 4) is 5.75 Å². The Balaban J connectivity index is 1.79. The molecule has 2 aromatic carbocycles. The van der Waals surface area contributed by atoms with E-state index >= 15 is 8.42 Å². The fraction of sp³-hybridized carbons (Fsp3) is 0.500. The average molecular weight is 628 g/mol. The van der Waals surface area contributed by atoms with Crippen molar-refractivity contribution in [1.29, 1.82) is 0 Å². The number of benzene rings is 2. The number of halogens is 1. The van der Waals surface area contributed by atoms with E-state index < -0.39 is 32.7 Å². The van der Waals surface area contributed by atoms with Gasteiger partial charge in [-0.1, -0.05) is 36.7 Å². The highest BCUT2D eigenvalue weighted by atomic mass is 35.5. The molecule has 0 aromatic heterocycles. The number of nitrogens with zero attached hydrogens (tertiary/aromatic N) is 1. The predicted molar refractivity (Wildman–Crippen MR) is 173 cm³/mol. The Hall–Kier alpha value is -2.65. The number of hydrogen-bond acceptors (Lipinski definition) is 5. The number of quaternary nitrogens is 1. The molecule has 3 aliphatic rings. The smallest absolute Gasteiger partial charge is 0.305 e. The first-order valence-corrected chi connectivity index (χ1v) is 17.3. The summed E-state index contributed by atoms with van der Waals surface area (Å²) in [6.07, 6.45) is 8.05. The average Bonchev–Trinajstić information content (AvgIpc) is 3.09. The Labute approximate surface area is 261 Å². The zero-order valence-electron chi connectivity index (χ0n) is 25.0. The van der Waals surface area contributed by atoms with Gasteiger partial charge in [0.15, 0.2) is 11.4 Å². The number of allylic oxidation sites excluding steroid dienone is 1. The molecule has 1 amide bonds. The minimum atomic E-state index is -3.99. The Bertz CT molecular complexity index is 1510. The molecule has 6 atom stereocenters. The zero-order chi connectivity index (χ0) is 31.0. The first-order valence-electron chi connectivity index (χ1n) is 15.4. The van der Waals surface area contributed by atoms with Crippen LogP contribution >= 0.6 is 11.6 Å². The van der Waals surface area contributed by atoms with E-state index in [1.165, 1.54) is 0 Å². The Kier molecular flexibility index (Phi) is 9.15. The molecule has 9 heteroatoms. The second-order valence-corrected chi connectivity index (χ2v) is 15.5. The number of aliphatic hydroxyl groups is 1. The van der Waals surface area contributed by atoms with Crippen LogP contribution in [-0.2, 0) is 21.9 Å². The summed E-state index contributed by atoms with van der Waals surface area (Å²) in [4.78, 5) is 12.5. The van der Waals surface area contributed by atoms with E-state index in [1.807, 2.05) is 25.1 Å². The lowest BCUT2D eigenvalue weighted by atomic mass is 9.68. The summed E-state index contributed by atoms with van der Waals surface area (Å²) in [5, 5.41) is 11.0. The lowest BCUT2D eigenvalue weighted by Gasteiger charge is -2.49. The highest BCUT2D eigenvalue weighted by Crippen LogP contribution is 2.52. The highest BCUT2D eigenvalue weighted by molar-refractivity contribution is 7.91. The van der Waals surface area contributed by atoms with Crippen LogP contribution in [0.2, 0.25) is 5.02 Å². The molecule has 1 unspecified atom stereocenters. The summed E-state index contributed by atoms with van der Waals surface area (Å²) < 4.78 is 36.9. The third-order valence-corrected chi connectivity index (χ3v) is 13.2. The number of aryl methyl sites for hydroxylation is 1. The molecule has 232 valence electrons. The van der Waals surface area contributed by atoms with Gasteiger partial charge in [0.25, 0.3) is 0 Å². The van der Waals surface area contributed by atoms with Crippen LogP contribution in [0.4, 0.5) is 5.69 Å². The summed E-state index contributed by atoms with van der Waals surface area (Å²) in [5.74, 6) is -0.291. The van der Waals surface area contributed by atoms with Gasteiger partial charge in [-0.15, -0.1) is 13.2 Å². The van der Waals surface area contributed by atoms with Crippen LogP contribution in [0, 0.1) is 11.8 Å². The largest absolute Gasteiger partial charge is 0.486 e. The van der Waals surface area contributed by atoms with Crippen LogP contribution < -0.4 is 14.4 Å². The van der Waals surface area contributed by atoms with E-state index in [-0.39, 0.29) is 34.4 Å². The Morgan fingerprint density at radius 3 is 2.63 bits per heavy atom. The topological polar surface area (TPSA) is 107 Å². The third kappa shape index (κ3) is 5.56. The fourth-order valence-corrected chi connectivity index (χ4v) is 10.6. The number of fused-ring (bicyclic) bond motifs is 3. The number of amides is 1. The van der Waals surface area contributed by atoms with Gasteiger partial charge in [0.1, 0.15) is 24.9 Å². The van der Waals surface area contributed by atoms with Crippen molar-refractivity contribution >= 4 is 33.2 Å². The van der Waals surface area contributed by atoms with Crippen LogP contribution in [0.3, 0.4) is 0 Å². The standard InChI is InChI=1S/C34H43ClN2O5S/c1-4-8-27(6-3)43(40,41)37(20-25-11-14-28(25)31(38)9-5-2)21-34(17-7-10-23-18-26(35)13-15-29(23)34)22-42-32-16-12-24(33(36)39)19-30(32)37/h4-5,12-13,15-16,18-19,25,27-28,31,38H,1-2,6-11,14,17,20-22H2,3H3,(H-,36,39)/p+1/t25-,27-,28+,31-,34?,37-/m0/s1. The monoisotopic (exact) mass is 627 g/mol. The second-order valence-electron chi connectivity index (χ2n) is 12.7. The molecule has 5 rings (SSSR count). The number of primary amides is 1. The Morgan fingerprint density at radius 2 is 1.98 bits per heavy atom. The number of nitrogens with two attached hydrogens (primary N) is 1. The van der Waals surface area contributed by atoms with Crippen LogP contribution in [0.5, 0.6) is 5.75 Å².